The summed E-state index contributed by atoms with van der Waals surface area (Å²) in [6, 6.07) is 1.63. The van der Waals surface area contributed by atoms with Crippen LogP contribution in [0.1, 0.15) is 39.0 Å². The fraction of sp³-hybridized carbons (Fsp3) is 1.00. The number of hydrogen-bond donors (Lipinski definition) is 1. The van der Waals surface area contributed by atoms with Gasteiger partial charge in [-0.2, -0.15) is 0 Å². The van der Waals surface area contributed by atoms with Gasteiger partial charge in [-0.05, 0) is 58.7 Å². The summed E-state index contributed by atoms with van der Waals surface area (Å²) in [6.45, 7) is 5.05. The first-order chi connectivity index (χ1) is 6.81. The van der Waals surface area contributed by atoms with Gasteiger partial charge in [0.15, 0.2) is 0 Å². The van der Waals surface area contributed by atoms with E-state index >= 15 is 0 Å². The normalized spacial score (nSPS) is 28.7. The maximum atomic E-state index is 3.39. The molecule has 2 aliphatic rings. The average Bonchev–Trinajstić information content (AvgIpc) is 2.15. The summed E-state index contributed by atoms with van der Waals surface area (Å²) in [7, 11) is 2.09. The van der Waals surface area contributed by atoms with Gasteiger partial charge in [-0.3, -0.25) is 0 Å². The Balaban J connectivity index is 1.76. The van der Waals surface area contributed by atoms with E-state index in [1.54, 1.807) is 0 Å². The van der Waals surface area contributed by atoms with Crippen LogP contribution in [0.3, 0.4) is 0 Å². The quantitative estimate of drug-likeness (QED) is 0.741. The molecule has 1 heterocycles. The zero-order valence-electron chi connectivity index (χ0n) is 9.63. The van der Waals surface area contributed by atoms with Gasteiger partial charge in [0, 0.05) is 12.1 Å². The fourth-order valence-electron chi connectivity index (χ4n) is 2.82. The summed E-state index contributed by atoms with van der Waals surface area (Å²) in [5.41, 5.74) is 0. The monoisotopic (exact) mass is 196 g/mol. The van der Waals surface area contributed by atoms with Gasteiger partial charge in [-0.25, -0.2) is 0 Å². The second-order valence-corrected chi connectivity index (χ2v) is 5.03. The zero-order valence-corrected chi connectivity index (χ0v) is 9.63. The Morgan fingerprint density at radius 3 is 2.21 bits per heavy atom. The van der Waals surface area contributed by atoms with E-state index < -0.39 is 0 Å². The summed E-state index contributed by atoms with van der Waals surface area (Å²) in [6.07, 6.45) is 7.11. The van der Waals surface area contributed by atoms with Crippen molar-refractivity contribution in [3.05, 3.63) is 0 Å². The van der Waals surface area contributed by atoms with Crippen LogP contribution < -0.4 is 5.32 Å². The lowest BCUT2D eigenvalue weighted by atomic mass is 9.79. The van der Waals surface area contributed by atoms with Crippen LogP contribution in [-0.4, -0.2) is 37.1 Å². The first kappa shape index (κ1) is 10.4. The third-order valence-corrected chi connectivity index (χ3v) is 4.35. The van der Waals surface area contributed by atoms with Crippen LogP contribution >= 0.6 is 0 Å². The lowest BCUT2D eigenvalue weighted by molar-refractivity contribution is 0.0814. The highest BCUT2D eigenvalue weighted by atomic mass is 15.2. The van der Waals surface area contributed by atoms with Crippen molar-refractivity contribution in [1.82, 2.24) is 10.2 Å². The number of nitrogens with one attached hydrogen (secondary N) is 1. The molecule has 0 aromatic heterocycles. The average molecular weight is 196 g/mol. The Bertz CT molecular complexity index is 169. The molecule has 1 aliphatic heterocycles. The summed E-state index contributed by atoms with van der Waals surface area (Å²) >= 11 is 0. The molecule has 2 fully saturated rings. The molecule has 0 spiro atoms. The number of piperidine rings is 1. The van der Waals surface area contributed by atoms with Crippen LogP contribution in [-0.2, 0) is 0 Å². The minimum absolute atomic E-state index is 0.778. The molecule has 1 saturated heterocycles. The Morgan fingerprint density at radius 1 is 1.14 bits per heavy atom. The lowest BCUT2D eigenvalue weighted by Gasteiger charge is -2.42. The van der Waals surface area contributed by atoms with Crippen molar-refractivity contribution < 1.29 is 0 Å². The van der Waals surface area contributed by atoms with E-state index in [4.69, 9.17) is 0 Å². The largest absolute Gasteiger partial charge is 0.317 e. The highest BCUT2D eigenvalue weighted by molar-refractivity contribution is 4.85. The van der Waals surface area contributed by atoms with Gasteiger partial charge in [0.2, 0.25) is 0 Å². The molecular formula is C12H24N2. The zero-order chi connectivity index (χ0) is 9.97. The Labute approximate surface area is 88.1 Å². The van der Waals surface area contributed by atoms with E-state index in [2.05, 4.69) is 24.2 Å². The second-order valence-electron chi connectivity index (χ2n) is 5.03. The van der Waals surface area contributed by atoms with Gasteiger partial charge in [0.05, 0.1) is 0 Å². The molecule has 0 amide bonds. The number of rotatable bonds is 3. The molecule has 1 unspecified atom stereocenters. The molecular weight excluding hydrogens is 172 g/mol. The first-order valence-electron chi connectivity index (χ1n) is 6.22. The van der Waals surface area contributed by atoms with Crippen LogP contribution in [0.5, 0.6) is 0 Å². The molecule has 0 radical (unpaired) electrons. The predicted molar refractivity (Wildman–Crippen MR) is 60.5 cm³/mol. The lowest BCUT2D eigenvalue weighted by Crippen LogP contribution is -2.48. The molecule has 0 bridgehead atoms. The molecule has 1 N–H and O–H groups in total. The molecule has 2 nitrogen and oxygen atoms in total. The highest BCUT2D eigenvalue weighted by Crippen LogP contribution is 2.32. The van der Waals surface area contributed by atoms with Crippen molar-refractivity contribution in [3.8, 4) is 0 Å². The summed E-state index contributed by atoms with van der Waals surface area (Å²) < 4.78 is 0. The van der Waals surface area contributed by atoms with E-state index in [0.717, 1.165) is 18.0 Å². The van der Waals surface area contributed by atoms with Crippen molar-refractivity contribution >= 4 is 0 Å². The summed E-state index contributed by atoms with van der Waals surface area (Å²) in [5, 5.41) is 3.39. The first-order valence-corrected chi connectivity index (χ1v) is 6.22. The van der Waals surface area contributed by atoms with Crippen LogP contribution in [0, 0.1) is 5.92 Å². The van der Waals surface area contributed by atoms with Gasteiger partial charge >= 0.3 is 0 Å². The second kappa shape index (κ2) is 4.63. The molecule has 0 aromatic carbocycles. The van der Waals surface area contributed by atoms with Crippen molar-refractivity contribution in [1.29, 1.82) is 0 Å². The number of nitrogens with zero attached hydrogens (tertiary/aromatic N) is 1. The Morgan fingerprint density at radius 2 is 1.79 bits per heavy atom. The van der Waals surface area contributed by atoms with E-state index in [1.165, 1.54) is 45.2 Å². The molecule has 1 aliphatic carbocycles. The van der Waals surface area contributed by atoms with Crippen molar-refractivity contribution in [3.63, 3.8) is 0 Å². The third-order valence-electron chi connectivity index (χ3n) is 4.35. The van der Waals surface area contributed by atoms with E-state index in [-0.39, 0.29) is 0 Å². The molecule has 14 heavy (non-hydrogen) atoms. The molecule has 2 heteroatoms. The van der Waals surface area contributed by atoms with Crippen molar-refractivity contribution in [2.75, 3.05) is 20.1 Å². The fourth-order valence-corrected chi connectivity index (χ4v) is 2.82. The smallest absolute Gasteiger partial charge is 0.00952 e. The topological polar surface area (TPSA) is 15.3 Å². The molecule has 2 rings (SSSR count). The van der Waals surface area contributed by atoms with Gasteiger partial charge in [0.25, 0.3) is 0 Å². The molecule has 0 aromatic rings. The van der Waals surface area contributed by atoms with Crippen molar-refractivity contribution in [2.24, 2.45) is 5.92 Å². The van der Waals surface area contributed by atoms with Crippen LogP contribution in [0.15, 0.2) is 0 Å². The van der Waals surface area contributed by atoms with Crippen LogP contribution in [0.2, 0.25) is 0 Å². The highest BCUT2D eigenvalue weighted by Gasteiger charge is 2.30. The van der Waals surface area contributed by atoms with Crippen molar-refractivity contribution in [2.45, 2.75) is 51.1 Å². The van der Waals surface area contributed by atoms with E-state index in [1.807, 2.05) is 0 Å². The third kappa shape index (κ3) is 2.12. The van der Waals surface area contributed by atoms with Crippen LogP contribution in [0.4, 0.5) is 0 Å². The Kier molecular flexibility index (Phi) is 3.45. The molecule has 1 saturated carbocycles. The number of likely N-dealkylation sites (tertiary alicyclic amines) is 1. The standard InChI is InChI=1S/C12H24N2/c1-10(11-4-3-5-11)14-8-6-12(13-2)7-9-14/h10-13H,3-9H2,1-2H3. The van der Waals surface area contributed by atoms with E-state index in [9.17, 15) is 0 Å². The summed E-state index contributed by atoms with van der Waals surface area (Å²) in [4.78, 5) is 2.71. The summed E-state index contributed by atoms with van der Waals surface area (Å²) in [5.74, 6) is 1.01. The van der Waals surface area contributed by atoms with E-state index in [0.29, 0.717) is 0 Å². The van der Waals surface area contributed by atoms with Crippen LogP contribution in [0.25, 0.3) is 0 Å². The minimum Gasteiger partial charge on any atom is -0.317 e. The SMILES string of the molecule is CNC1CCN(C(C)C2CCC2)CC1. The number of hydrogen-bond acceptors (Lipinski definition) is 2. The predicted octanol–water partition coefficient (Wildman–Crippen LogP) is 1.86. The van der Waals surface area contributed by atoms with Gasteiger partial charge in [-0.15, -0.1) is 0 Å². The van der Waals surface area contributed by atoms with Gasteiger partial charge in [0.1, 0.15) is 0 Å². The van der Waals surface area contributed by atoms with Gasteiger partial charge < -0.3 is 10.2 Å². The maximum absolute atomic E-state index is 3.39. The Hall–Kier alpha value is -0.0800. The maximum Gasteiger partial charge on any atom is 0.00952 e. The van der Waals surface area contributed by atoms with Gasteiger partial charge in [-0.1, -0.05) is 6.42 Å². The minimum atomic E-state index is 0.778. The molecule has 82 valence electrons. The molecule has 1 atom stereocenters.